The van der Waals surface area contributed by atoms with Gasteiger partial charge in [-0.3, -0.25) is 0 Å². The maximum absolute atomic E-state index is 6.50. The summed E-state index contributed by atoms with van der Waals surface area (Å²) in [4.78, 5) is 0. The van der Waals surface area contributed by atoms with Crippen LogP contribution >= 0.6 is 0 Å². The summed E-state index contributed by atoms with van der Waals surface area (Å²) < 4.78 is 30.9. The van der Waals surface area contributed by atoms with Gasteiger partial charge in [0.05, 0.1) is 45.2 Å². The molecule has 0 N–H and O–H groups in total. The third kappa shape index (κ3) is 17.7. The number of unbranched alkanes of at least 4 members (excludes halogenated alkanes) is 10. The minimum Gasteiger partial charge on any atom is -0.384 e. The van der Waals surface area contributed by atoms with Crippen molar-refractivity contribution < 1.29 is 23.7 Å². The predicted octanol–water partition coefficient (Wildman–Crippen LogP) is 15.5. The molecule has 5 aliphatic rings. The lowest BCUT2D eigenvalue weighted by Crippen LogP contribution is -2.49. The molecule has 0 spiro atoms. The second kappa shape index (κ2) is 30.3. The van der Waals surface area contributed by atoms with E-state index in [0.717, 1.165) is 74.4 Å². The van der Waals surface area contributed by atoms with Gasteiger partial charge in [0, 0.05) is 20.3 Å². The van der Waals surface area contributed by atoms with Gasteiger partial charge in [0.2, 0.25) is 0 Å². The number of fused-ring (bicyclic) bond motifs is 5. The highest BCUT2D eigenvalue weighted by Gasteiger charge is 2.55. The molecule has 0 aromatic heterocycles. The second-order valence-electron chi connectivity index (χ2n) is 21.7. The normalized spacial score (nSPS) is 30.3. The second-order valence-corrected chi connectivity index (χ2v) is 21.7. The van der Waals surface area contributed by atoms with Gasteiger partial charge < -0.3 is 23.7 Å². The molecule has 5 rings (SSSR count). The molecule has 5 heteroatoms. The van der Waals surface area contributed by atoms with Crippen molar-refractivity contribution >= 4 is 0 Å². The molecule has 5 unspecified atom stereocenters. The Balaban J connectivity index is 0.912. The molecule has 0 radical (unpaired) electrons. The first-order valence-electron chi connectivity index (χ1n) is 27.3. The standard InChI is InChI=1S/C57H100O5/c1-6-7-8-9-10-11-12-13-14-15-16-17-18-19-20-23-37-60-45-52(42-48-27-24-28-50(48)44-58-5)62-41-39-59-38-40-61-51-31-34-55-49(43-51)30-33-56-54-32-29-47(26-22-21-25-46(2)3)53(54)35-36-57(55,56)4/h10-11,13-14,30,46-48,50-56H,6-9,12,15-29,31-45H2,1-5H3/t47-,48?,50+,51-,52?,53?,54?,55?,56-,57+/m0/s1. The van der Waals surface area contributed by atoms with E-state index in [1.54, 1.807) is 5.57 Å². The number of ether oxygens (including phenoxy) is 5. The molecule has 0 aromatic rings. The Morgan fingerprint density at radius 1 is 0.710 bits per heavy atom. The van der Waals surface area contributed by atoms with Crippen LogP contribution in [0.2, 0.25) is 0 Å². The zero-order chi connectivity index (χ0) is 43.7. The first-order valence-corrected chi connectivity index (χ1v) is 27.3. The molecule has 62 heavy (non-hydrogen) atoms. The number of methoxy groups -OCH3 is 1. The van der Waals surface area contributed by atoms with E-state index in [1.807, 2.05) is 7.11 Å². The van der Waals surface area contributed by atoms with Gasteiger partial charge in [0.25, 0.3) is 0 Å². The van der Waals surface area contributed by atoms with Gasteiger partial charge in [-0.1, -0.05) is 134 Å². The molecule has 5 nitrogen and oxygen atoms in total. The highest BCUT2D eigenvalue weighted by Crippen LogP contribution is 2.64. The van der Waals surface area contributed by atoms with Gasteiger partial charge in [-0.2, -0.15) is 0 Å². The van der Waals surface area contributed by atoms with Crippen LogP contribution in [0.4, 0.5) is 0 Å². The summed E-state index contributed by atoms with van der Waals surface area (Å²) in [6.45, 7) is 14.7. The van der Waals surface area contributed by atoms with E-state index in [1.165, 1.54) is 154 Å². The van der Waals surface area contributed by atoms with Gasteiger partial charge in [-0.05, 0) is 162 Å². The van der Waals surface area contributed by atoms with Crippen molar-refractivity contribution in [3.63, 3.8) is 0 Å². The van der Waals surface area contributed by atoms with Crippen molar-refractivity contribution in [1.29, 1.82) is 0 Å². The van der Waals surface area contributed by atoms with Gasteiger partial charge in [-0.15, -0.1) is 0 Å². The zero-order valence-electron chi connectivity index (χ0n) is 41.5. The fraction of sp³-hybridized carbons (Fsp3) is 0.895. The van der Waals surface area contributed by atoms with Crippen molar-refractivity contribution in [3.05, 3.63) is 36.0 Å². The van der Waals surface area contributed by atoms with E-state index in [9.17, 15) is 0 Å². The van der Waals surface area contributed by atoms with E-state index in [-0.39, 0.29) is 6.10 Å². The van der Waals surface area contributed by atoms with Crippen molar-refractivity contribution in [3.8, 4) is 0 Å². The zero-order valence-corrected chi connectivity index (χ0v) is 41.5. The lowest BCUT2D eigenvalue weighted by molar-refractivity contribution is -0.0666. The summed E-state index contributed by atoms with van der Waals surface area (Å²) in [5.74, 6) is 6.90. The van der Waals surface area contributed by atoms with Crippen LogP contribution < -0.4 is 0 Å². The van der Waals surface area contributed by atoms with Crippen molar-refractivity contribution in [1.82, 2.24) is 0 Å². The number of rotatable bonds is 34. The lowest BCUT2D eigenvalue weighted by atomic mass is 9.48. The monoisotopic (exact) mass is 865 g/mol. The molecule has 0 bridgehead atoms. The maximum Gasteiger partial charge on any atom is 0.0812 e. The van der Waals surface area contributed by atoms with Crippen LogP contribution in [0.15, 0.2) is 36.0 Å². The Morgan fingerprint density at radius 3 is 2.29 bits per heavy atom. The average molecular weight is 865 g/mol. The minimum atomic E-state index is 0.132. The van der Waals surface area contributed by atoms with Gasteiger partial charge in [0.1, 0.15) is 0 Å². The molecule has 4 fully saturated rings. The summed E-state index contributed by atoms with van der Waals surface area (Å²) in [6.07, 6.45) is 49.6. The minimum absolute atomic E-state index is 0.132. The van der Waals surface area contributed by atoms with Crippen LogP contribution in [0.5, 0.6) is 0 Å². The van der Waals surface area contributed by atoms with Crippen LogP contribution in [0.3, 0.4) is 0 Å². The molecule has 0 aliphatic heterocycles. The molecular weight excluding hydrogens is 765 g/mol. The predicted molar refractivity (Wildman–Crippen MR) is 262 cm³/mol. The topological polar surface area (TPSA) is 46.2 Å². The third-order valence-corrected chi connectivity index (χ3v) is 16.8. The van der Waals surface area contributed by atoms with E-state index < -0.39 is 0 Å². The lowest BCUT2D eigenvalue weighted by Gasteiger charge is -2.57. The smallest absolute Gasteiger partial charge is 0.0812 e. The summed E-state index contributed by atoms with van der Waals surface area (Å²) in [5, 5.41) is 0. The third-order valence-electron chi connectivity index (χ3n) is 16.8. The number of allylic oxidation sites excluding steroid dienone is 5. The van der Waals surface area contributed by atoms with Crippen LogP contribution in [0.1, 0.15) is 207 Å². The number of hydrogen-bond acceptors (Lipinski definition) is 5. The van der Waals surface area contributed by atoms with E-state index in [4.69, 9.17) is 23.7 Å². The summed E-state index contributed by atoms with van der Waals surface area (Å²) in [5.41, 5.74) is 2.25. The Bertz CT molecular complexity index is 1240. The van der Waals surface area contributed by atoms with Gasteiger partial charge in [-0.25, -0.2) is 0 Å². The van der Waals surface area contributed by atoms with Crippen LogP contribution in [0.25, 0.3) is 0 Å². The molecule has 0 amide bonds. The Morgan fingerprint density at radius 2 is 1.48 bits per heavy atom. The van der Waals surface area contributed by atoms with Crippen LogP contribution in [-0.4, -0.2) is 65.6 Å². The molecule has 4 saturated carbocycles. The highest BCUT2D eigenvalue weighted by molar-refractivity contribution is 5.22. The van der Waals surface area contributed by atoms with E-state index in [0.29, 0.717) is 56.4 Å². The molecule has 0 saturated heterocycles. The van der Waals surface area contributed by atoms with Crippen LogP contribution in [0, 0.1) is 52.8 Å². The van der Waals surface area contributed by atoms with Crippen molar-refractivity contribution in [2.24, 2.45) is 52.8 Å². The largest absolute Gasteiger partial charge is 0.384 e. The molecule has 5 aliphatic carbocycles. The maximum atomic E-state index is 6.50. The summed E-state index contributed by atoms with van der Waals surface area (Å²) >= 11 is 0. The molecular formula is C57H100O5. The van der Waals surface area contributed by atoms with E-state index in [2.05, 4.69) is 58.1 Å². The fourth-order valence-corrected chi connectivity index (χ4v) is 13.4. The van der Waals surface area contributed by atoms with E-state index >= 15 is 0 Å². The molecule has 10 atom stereocenters. The quantitative estimate of drug-likeness (QED) is 0.0476. The molecule has 0 heterocycles. The average Bonchev–Trinajstić information content (AvgIpc) is 3.90. The fourth-order valence-electron chi connectivity index (χ4n) is 13.4. The summed E-state index contributed by atoms with van der Waals surface area (Å²) in [7, 11) is 1.85. The Hall–Kier alpha value is -0.980. The first-order chi connectivity index (χ1) is 30.4. The van der Waals surface area contributed by atoms with Crippen molar-refractivity contribution in [2.45, 2.75) is 220 Å². The number of hydrogen-bond donors (Lipinski definition) is 0. The SMILES string of the molecule is CCCCCC=CCC=CCCCCCCCCOCC(CC1CCC[C@@H]1COC)OCCOCCO[C@H]1CCC2C(=CC[C@H]3C4CC[C@H](CCCCC(C)C)C4CC[C@]23C)C1. The van der Waals surface area contributed by atoms with Gasteiger partial charge >= 0.3 is 0 Å². The molecule has 0 aromatic carbocycles. The summed E-state index contributed by atoms with van der Waals surface area (Å²) in [6, 6.07) is 0. The Labute approximate surface area is 384 Å². The first kappa shape index (κ1) is 52.0. The highest BCUT2D eigenvalue weighted by atomic mass is 16.6. The van der Waals surface area contributed by atoms with Crippen LogP contribution in [-0.2, 0) is 23.7 Å². The molecule has 358 valence electrons. The van der Waals surface area contributed by atoms with Crippen molar-refractivity contribution in [2.75, 3.05) is 53.4 Å². The van der Waals surface area contributed by atoms with Gasteiger partial charge in [0.15, 0.2) is 0 Å². The Kier molecular flexibility index (Phi) is 25.4.